The van der Waals surface area contributed by atoms with Crippen LogP contribution >= 0.6 is 11.6 Å². The van der Waals surface area contributed by atoms with E-state index in [1.807, 2.05) is 41.3 Å². The van der Waals surface area contributed by atoms with Crippen LogP contribution in [-0.4, -0.2) is 47.8 Å². The predicted molar refractivity (Wildman–Crippen MR) is 131 cm³/mol. The summed E-state index contributed by atoms with van der Waals surface area (Å²) in [4.78, 5) is 29.2. The Labute approximate surface area is 199 Å². The number of fused-ring (bicyclic) bond motifs is 1. The topological polar surface area (TPSA) is 52.7 Å². The van der Waals surface area contributed by atoms with Gasteiger partial charge >= 0.3 is 0 Å². The summed E-state index contributed by atoms with van der Waals surface area (Å²) in [5, 5.41) is 3.61. The van der Waals surface area contributed by atoms with Crippen molar-refractivity contribution < 1.29 is 9.59 Å². The molecule has 0 spiro atoms. The summed E-state index contributed by atoms with van der Waals surface area (Å²) < 4.78 is 0. The smallest absolute Gasteiger partial charge is 0.253 e. The molecule has 0 bridgehead atoms. The third-order valence-corrected chi connectivity index (χ3v) is 6.77. The molecule has 0 radical (unpaired) electrons. The third kappa shape index (κ3) is 4.65. The lowest BCUT2D eigenvalue weighted by Gasteiger charge is -2.40. The van der Waals surface area contributed by atoms with Gasteiger partial charge in [0.25, 0.3) is 5.91 Å². The number of carbonyl (C=O) groups is 2. The van der Waals surface area contributed by atoms with Crippen molar-refractivity contribution in [2.75, 3.05) is 31.5 Å². The Kier molecular flexibility index (Phi) is 6.16. The number of carbonyl (C=O) groups excluding carboxylic acids is 2. The zero-order valence-corrected chi connectivity index (χ0v) is 19.1. The van der Waals surface area contributed by atoms with Crippen LogP contribution in [0.3, 0.4) is 0 Å². The van der Waals surface area contributed by atoms with E-state index in [1.54, 1.807) is 0 Å². The number of anilines is 1. The molecule has 3 aromatic rings. The zero-order valence-electron chi connectivity index (χ0n) is 18.3. The maximum atomic E-state index is 13.2. The predicted octanol–water partition coefficient (Wildman–Crippen LogP) is 4.77. The molecule has 2 heterocycles. The number of amides is 2. The molecular weight excluding hydrogens is 434 g/mol. The number of hydrogen-bond acceptors (Lipinski definition) is 3. The minimum absolute atomic E-state index is 0.0337. The highest BCUT2D eigenvalue weighted by Gasteiger charge is 2.29. The van der Waals surface area contributed by atoms with Gasteiger partial charge in [0.15, 0.2) is 0 Å². The van der Waals surface area contributed by atoms with Crippen LogP contribution in [-0.2, 0) is 11.2 Å². The van der Waals surface area contributed by atoms with E-state index >= 15 is 0 Å². The van der Waals surface area contributed by atoms with Crippen molar-refractivity contribution in [1.29, 1.82) is 0 Å². The van der Waals surface area contributed by atoms with Gasteiger partial charge in [-0.1, -0.05) is 54.1 Å². The number of nitrogens with one attached hydrogen (secondary N) is 1. The maximum Gasteiger partial charge on any atom is 0.253 e. The second-order valence-corrected chi connectivity index (χ2v) is 9.05. The average Bonchev–Trinajstić information content (AvgIpc) is 2.86. The molecule has 0 aromatic heterocycles. The minimum Gasteiger partial charge on any atom is -0.336 e. The van der Waals surface area contributed by atoms with E-state index in [0.717, 1.165) is 29.4 Å². The molecule has 6 heteroatoms. The Hall–Kier alpha value is -3.15. The number of piperazine rings is 1. The zero-order chi connectivity index (χ0) is 22.8. The van der Waals surface area contributed by atoms with Gasteiger partial charge in [-0.3, -0.25) is 14.5 Å². The number of hydrogen-bond donors (Lipinski definition) is 1. The maximum absolute atomic E-state index is 13.2. The number of nitrogens with zero attached hydrogens (tertiary/aromatic N) is 2. The molecule has 5 rings (SSSR count). The van der Waals surface area contributed by atoms with Gasteiger partial charge in [0.2, 0.25) is 5.91 Å². The van der Waals surface area contributed by atoms with Crippen LogP contribution in [0.5, 0.6) is 0 Å². The summed E-state index contributed by atoms with van der Waals surface area (Å²) in [5.41, 5.74) is 4.97. The first-order valence-corrected chi connectivity index (χ1v) is 11.7. The third-order valence-electron chi connectivity index (χ3n) is 6.52. The molecule has 0 saturated carbocycles. The summed E-state index contributed by atoms with van der Waals surface area (Å²) >= 11 is 6.13. The highest BCUT2D eigenvalue weighted by atomic mass is 35.5. The molecular formula is C27H26ClN3O2. The molecule has 1 fully saturated rings. The van der Waals surface area contributed by atoms with Crippen LogP contribution in [0.2, 0.25) is 5.02 Å². The van der Waals surface area contributed by atoms with Gasteiger partial charge in [-0.05, 0) is 53.4 Å². The van der Waals surface area contributed by atoms with Gasteiger partial charge in [0.1, 0.15) is 0 Å². The van der Waals surface area contributed by atoms with Crippen LogP contribution in [0.1, 0.15) is 39.5 Å². The monoisotopic (exact) mass is 459 g/mol. The quantitative estimate of drug-likeness (QED) is 0.611. The molecule has 1 unspecified atom stereocenters. The highest BCUT2D eigenvalue weighted by molar-refractivity contribution is 6.30. The van der Waals surface area contributed by atoms with E-state index in [0.29, 0.717) is 31.5 Å². The lowest BCUT2D eigenvalue weighted by molar-refractivity contribution is -0.116. The molecule has 1 atom stereocenters. The summed E-state index contributed by atoms with van der Waals surface area (Å²) in [5.74, 6) is 0.0865. The van der Waals surface area contributed by atoms with E-state index in [-0.39, 0.29) is 17.9 Å². The van der Waals surface area contributed by atoms with Crippen LogP contribution in [0.4, 0.5) is 5.69 Å². The van der Waals surface area contributed by atoms with Crippen molar-refractivity contribution in [2.24, 2.45) is 0 Å². The van der Waals surface area contributed by atoms with Crippen molar-refractivity contribution in [3.63, 3.8) is 0 Å². The molecule has 1 saturated heterocycles. The molecule has 0 aliphatic carbocycles. The molecule has 168 valence electrons. The van der Waals surface area contributed by atoms with Gasteiger partial charge in [-0.25, -0.2) is 0 Å². The van der Waals surface area contributed by atoms with Gasteiger partial charge in [-0.2, -0.15) is 0 Å². The molecule has 1 N–H and O–H groups in total. The van der Waals surface area contributed by atoms with E-state index in [9.17, 15) is 9.59 Å². The second kappa shape index (κ2) is 9.38. The highest BCUT2D eigenvalue weighted by Crippen LogP contribution is 2.31. The Bertz CT molecular complexity index is 1160. The van der Waals surface area contributed by atoms with E-state index < -0.39 is 0 Å². The van der Waals surface area contributed by atoms with Crippen LogP contribution < -0.4 is 5.32 Å². The molecule has 2 amide bonds. The van der Waals surface area contributed by atoms with Crippen molar-refractivity contribution >= 4 is 29.1 Å². The van der Waals surface area contributed by atoms with Gasteiger partial charge in [0, 0.05) is 48.9 Å². The molecule has 3 aromatic carbocycles. The van der Waals surface area contributed by atoms with Crippen molar-refractivity contribution in [3.05, 3.63) is 100 Å². The minimum atomic E-state index is 0.0337. The van der Waals surface area contributed by atoms with E-state index in [4.69, 9.17) is 11.6 Å². The fraction of sp³-hybridized carbons (Fsp3) is 0.259. The first-order chi connectivity index (χ1) is 16.1. The summed E-state index contributed by atoms with van der Waals surface area (Å²) in [6.45, 7) is 2.91. The SMILES string of the molecule is O=C1CCc2cc(C(=O)N3CCN(C(c4ccccc4)c4ccc(Cl)cc4)CC3)ccc2N1. The normalized spacial score (nSPS) is 17.2. The number of halogens is 1. The van der Waals surface area contributed by atoms with E-state index in [2.05, 4.69) is 46.6 Å². The Morgan fingerprint density at radius 2 is 1.55 bits per heavy atom. The lowest BCUT2D eigenvalue weighted by Crippen LogP contribution is -2.49. The largest absolute Gasteiger partial charge is 0.336 e. The fourth-order valence-corrected chi connectivity index (χ4v) is 4.90. The van der Waals surface area contributed by atoms with Crippen molar-refractivity contribution in [1.82, 2.24) is 9.80 Å². The number of benzene rings is 3. The Morgan fingerprint density at radius 1 is 0.848 bits per heavy atom. The summed E-state index contributed by atoms with van der Waals surface area (Å²) in [6, 6.07) is 24.2. The molecule has 33 heavy (non-hydrogen) atoms. The first-order valence-electron chi connectivity index (χ1n) is 11.3. The second-order valence-electron chi connectivity index (χ2n) is 8.61. The van der Waals surface area contributed by atoms with Crippen molar-refractivity contribution in [3.8, 4) is 0 Å². The Balaban J connectivity index is 1.31. The van der Waals surface area contributed by atoms with Gasteiger partial charge in [0.05, 0.1) is 6.04 Å². The number of rotatable bonds is 4. The first kappa shape index (κ1) is 21.7. The Morgan fingerprint density at radius 3 is 2.27 bits per heavy atom. The van der Waals surface area contributed by atoms with Crippen LogP contribution in [0.25, 0.3) is 0 Å². The lowest BCUT2D eigenvalue weighted by atomic mass is 9.96. The molecule has 2 aliphatic heterocycles. The van der Waals surface area contributed by atoms with Crippen LogP contribution in [0.15, 0.2) is 72.8 Å². The number of aryl methyl sites for hydroxylation is 1. The average molecular weight is 460 g/mol. The van der Waals surface area contributed by atoms with Crippen molar-refractivity contribution in [2.45, 2.75) is 18.9 Å². The standard InChI is InChI=1S/C27H26ClN3O2/c28-23-10-6-20(7-11-23)26(19-4-2-1-3-5-19)30-14-16-31(17-15-30)27(33)22-8-12-24-21(18-22)9-13-25(32)29-24/h1-8,10-12,18,26H,9,13-17H2,(H,29,32). The summed E-state index contributed by atoms with van der Waals surface area (Å²) in [6.07, 6.45) is 1.14. The fourth-order valence-electron chi connectivity index (χ4n) is 4.78. The van der Waals surface area contributed by atoms with Gasteiger partial charge < -0.3 is 10.2 Å². The van der Waals surface area contributed by atoms with E-state index in [1.165, 1.54) is 11.1 Å². The van der Waals surface area contributed by atoms with Gasteiger partial charge in [-0.15, -0.1) is 0 Å². The molecule has 2 aliphatic rings. The molecule has 5 nitrogen and oxygen atoms in total. The summed E-state index contributed by atoms with van der Waals surface area (Å²) in [7, 11) is 0. The van der Waals surface area contributed by atoms with Crippen LogP contribution in [0, 0.1) is 0 Å².